The number of ether oxygens (including phenoxy) is 3. The summed E-state index contributed by atoms with van der Waals surface area (Å²) in [6, 6.07) is 0. The van der Waals surface area contributed by atoms with Gasteiger partial charge in [0.1, 0.15) is 24.1 Å². The Labute approximate surface area is 130 Å². The molecule has 2 fully saturated rings. The Morgan fingerprint density at radius 1 is 1.30 bits per heavy atom. The summed E-state index contributed by atoms with van der Waals surface area (Å²) in [4.78, 5) is 23.7. The maximum Gasteiger partial charge on any atom is 0.335 e. The molecule has 122 valence electrons. The minimum absolute atomic E-state index is 0.238. The fraction of sp³-hybridized carbons (Fsp3) is 0.538. The molecule has 2 saturated heterocycles. The largest absolute Gasteiger partial charge is 0.479 e. The molecule has 2 aromatic rings. The van der Waals surface area contributed by atoms with Crippen LogP contribution in [0.15, 0.2) is 12.7 Å². The summed E-state index contributed by atoms with van der Waals surface area (Å²) < 4.78 is 18.8. The Kier molecular flexibility index (Phi) is 2.86. The number of hydrogen-bond donors (Lipinski definition) is 2. The van der Waals surface area contributed by atoms with Crippen LogP contribution in [0.2, 0.25) is 0 Å². The second kappa shape index (κ2) is 4.60. The number of fused-ring (bicyclic) bond motifs is 2. The molecule has 2 aliphatic rings. The van der Waals surface area contributed by atoms with Crippen LogP contribution in [0.1, 0.15) is 20.1 Å². The molecular formula is C13H15N5O5. The van der Waals surface area contributed by atoms with Crippen molar-refractivity contribution in [2.75, 3.05) is 5.73 Å². The Morgan fingerprint density at radius 3 is 2.78 bits per heavy atom. The highest BCUT2D eigenvalue weighted by Gasteiger charge is 2.58. The molecule has 10 nitrogen and oxygen atoms in total. The predicted octanol–water partition coefficient (Wildman–Crippen LogP) is -0.0894. The zero-order valence-electron chi connectivity index (χ0n) is 12.4. The van der Waals surface area contributed by atoms with Crippen LogP contribution in [0.3, 0.4) is 0 Å². The summed E-state index contributed by atoms with van der Waals surface area (Å²) in [7, 11) is 0. The van der Waals surface area contributed by atoms with Crippen molar-refractivity contribution >= 4 is 23.0 Å². The van der Waals surface area contributed by atoms with Gasteiger partial charge in [-0.2, -0.15) is 0 Å². The lowest BCUT2D eigenvalue weighted by Gasteiger charge is -2.23. The topological polar surface area (TPSA) is 135 Å². The maximum absolute atomic E-state index is 11.5. The Balaban J connectivity index is 1.78. The lowest BCUT2D eigenvalue weighted by atomic mass is 10.1. The summed E-state index contributed by atoms with van der Waals surface area (Å²) in [5, 5.41) is 9.37. The van der Waals surface area contributed by atoms with Crippen LogP contribution in [0.5, 0.6) is 0 Å². The molecule has 2 aromatic heterocycles. The van der Waals surface area contributed by atoms with Gasteiger partial charge in [-0.25, -0.2) is 19.7 Å². The number of aromatic nitrogens is 4. The van der Waals surface area contributed by atoms with Crippen LogP contribution in [-0.4, -0.2) is 54.7 Å². The SMILES string of the molecule is CC1(C)O[C@@H]2[C@H](O1)[C@@H](n1cnc3c(N)ncnc31)O[C@H]2C(=O)O. The average Bonchev–Trinajstić information content (AvgIpc) is 3.09. The van der Waals surface area contributed by atoms with Crippen molar-refractivity contribution in [2.24, 2.45) is 0 Å². The first kappa shape index (κ1) is 14.3. The number of carboxylic acids is 1. The van der Waals surface area contributed by atoms with Crippen molar-refractivity contribution in [1.82, 2.24) is 19.5 Å². The number of anilines is 1. The van der Waals surface area contributed by atoms with Gasteiger partial charge in [0.15, 0.2) is 29.6 Å². The van der Waals surface area contributed by atoms with Crippen LogP contribution in [0, 0.1) is 0 Å². The first-order valence-corrected chi connectivity index (χ1v) is 7.04. The van der Waals surface area contributed by atoms with Crippen molar-refractivity contribution in [3.8, 4) is 0 Å². The number of nitrogens with zero attached hydrogens (tertiary/aromatic N) is 4. The highest BCUT2D eigenvalue weighted by Crippen LogP contribution is 2.43. The van der Waals surface area contributed by atoms with Gasteiger partial charge < -0.3 is 25.1 Å². The number of hydrogen-bond acceptors (Lipinski definition) is 8. The highest BCUT2D eigenvalue weighted by atomic mass is 16.8. The summed E-state index contributed by atoms with van der Waals surface area (Å²) in [6.07, 6.45) is -0.391. The van der Waals surface area contributed by atoms with E-state index in [4.69, 9.17) is 19.9 Å². The van der Waals surface area contributed by atoms with Gasteiger partial charge in [0, 0.05) is 0 Å². The van der Waals surface area contributed by atoms with Crippen molar-refractivity contribution in [2.45, 2.75) is 44.2 Å². The molecule has 10 heteroatoms. The van der Waals surface area contributed by atoms with E-state index in [1.807, 2.05) is 0 Å². The van der Waals surface area contributed by atoms with E-state index >= 15 is 0 Å². The number of nitrogens with two attached hydrogens (primary N) is 1. The van der Waals surface area contributed by atoms with Crippen LogP contribution >= 0.6 is 0 Å². The molecule has 0 radical (unpaired) electrons. The van der Waals surface area contributed by atoms with Gasteiger partial charge in [-0.3, -0.25) is 4.57 Å². The zero-order chi connectivity index (χ0) is 16.4. The fourth-order valence-electron chi connectivity index (χ4n) is 3.06. The minimum Gasteiger partial charge on any atom is -0.479 e. The average molecular weight is 321 g/mol. The van der Waals surface area contributed by atoms with E-state index in [1.165, 1.54) is 12.7 Å². The van der Waals surface area contributed by atoms with Crippen molar-refractivity contribution in [3.05, 3.63) is 12.7 Å². The normalized spacial score (nSPS) is 32.3. The van der Waals surface area contributed by atoms with Gasteiger partial charge in [0.25, 0.3) is 0 Å². The van der Waals surface area contributed by atoms with E-state index in [9.17, 15) is 9.90 Å². The summed E-state index contributed by atoms with van der Waals surface area (Å²) in [6.45, 7) is 3.46. The number of carbonyl (C=O) groups is 1. The van der Waals surface area contributed by atoms with E-state index < -0.39 is 36.3 Å². The van der Waals surface area contributed by atoms with Gasteiger partial charge in [-0.05, 0) is 13.8 Å². The highest BCUT2D eigenvalue weighted by molar-refractivity contribution is 5.81. The molecular weight excluding hydrogens is 306 g/mol. The third-order valence-electron chi connectivity index (χ3n) is 3.93. The van der Waals surface area contributed by atoms with E-state index in [2.05, 4.69) is 15.0 Å². The van der Waals surface area contributed by atoms with Crippen molar-refractivity contribution in [1.29, 1.82) is 0 Å². The van der Waals surface area contributed by atoms with Gasteiger partial charge in [-0.1, -0.05) is 0 Å². The van der Waals surface area contributed by atoms with E-state index in [0.29, 0.717) is 11.2 Å². The first-order valence-electron chi connectivity index (χ1n) is 7.04. The Bertz CT molecular complexity index is 790. The zero-order valence-corrected chi connectivity index (χ0v) is 12.4. The monoisotopic (exact) mass is 321 g/mol. The minimum atomic E-state index is -1.14. The molecule has 4 rings (SSSR count). The molecule has 4 heterocycles. The molecule has 0 amide bonds. The Morgan fingerprint density at radius 2 is 2.04 bits per heavy atom. The summed E-state index contributed by atoms with van der Waals surface area (Å²) in [5.74, 6) is -1.76. The molecule has 0 saturated carbocycles. The summed E-state index contributed by atoms with van der Waals surface area (Å²) >= 11 is 0. The maximum atomic E-state index is 11.5. The smallest absolute Gasteiger partial charge is 0.335 e. The number of carboxylic acid groups (broad SMARTS) is 1. The van der Waals surface area contributed by atoms with E-state index in [0.717, 1.165) is 0 Å². The lowest BCUT2D eigenvalue weighted by molar-refractivity contribution is -0.202. The van der Waals surface area contributed by atoms with E-state index in [-0.39, 0.29) is 5.82 Å². The third kappa shape index (κ3) is 2.06. The van der Waals surface area contributed by atoms with Crippen molar-refractivity contribution in [3.63, 3.8) is 0 Å². The number of aliphatic carboxylic acids is 1. The quantitative estimate of drug-likeness (QED) is 0.777. The lowest BCUT2D eigenvalue weighted by Crippen LogP contribution is -2.35. The molecule has 2 aliphatic heterocycles. The van der Waals surface area contributed by atoms with E-state index in [1.54, 1.807) is 18.4 Å². The molecule has 3 N–H and O–H groups in total. The molecule has 0 bridgehead atoms. The first-order chi connectivity index (χ1) is 10.9. The standard InChI is InChI=1S/C13H15N5O5/c1-13(2)22-6-7(23-13)11(21-8(6)12(19)20)18-4-17-5-9(14)15-3-16-10(5)18/h3-4,6-8,11H,1-2H3,(H,19,20)(H2,14,15,16)/t6-,7+,8-,11+/m1/s1. The molecule has 0 unspecified atom stereocenters. The summed E-state index contributed by atoms with van der Waals surface area (Å²) in [5.41, 5.74) is 6.64. The number of rotatable bonds is 2. The molecule has 0 spiro atoms. The second-order valence-corrected chi connectivity index (χ2v) is 5.93. The molecule has 23 heavy (non-hydrogen) atoms. The third-order valence-corrected chi connectivity index (χ3v) is 3.93. The number of nitrogen functional groups attached to an aromatic ring is 1. The molecule has 0 aromatic carbocycles. The number of imidazole rings is 1. The van der Waals surface area contributed by atoms with Crippen LogP contribution in [-0.2, 0) is 19.0 Å². The molecule has 0 aliphatic carbocycles. The van der Waals surface area contributed by atoms with Gasteiger partial charge in [-0.15, -0.1) is 0 Å². The predicted molar refractivity (Wildman–Crippen MR) is 75.1 cm³/mol. The van der Waals surface area contributed by atoms with Crippen LogP contribution < -0.4 is 5.73 Å². The second-order valence-electron chi connectivity index (χ2n) is 5.93. The van der Waals surface area contributed by atoms with Gasteiger partial charge in [0.05, 0.1) is 6.33 Å². The van der Waals surface area contributed by atoms with Gasteiger partial charge in [0.2, 0.25) is 0 Å². The fourth-order valence-corrected chi connectivity index (χ4v) is 3.06. The van der Waals surface area contributed by atoms with Crippen molar-refractivity contribution < 1.29 is 24.1 Å². The molecule has 4 atom stereocenters. The Hall–Kier alpha value is -2.30. The van der Waals surface area contributed by atoms with Crippen LogP contribution in [0.4, 0.5) is 5.82 Å². The van der Waals surface area contributed by atoms with Crippen LogP contribution in [0.25, 0.3) is 11.2 Å². The van der Waals surface area contributed by atoms with Gasteiger partial charge >= 0.3 is 5.97 Å².